The van der Waals surface area contributed by atoms with Gasteiger partial charge in [0.1, 0.15) is 5.82 Å². The van der Waals surface area contributed by atoms with Crippen molar-refractivity contribution in [3.63, 3.8) is 0 Å². The van der Waals surface area contributed by atoms with E-state index in [0.29, 0.717) is 0 Å². The van der Waals surface area contributed by atoms with E-state index >= 15 is 0 Å². The Bertz CT molecular complexity index is 561. The molecule has 2 nitrogen and oxygen atoms in total. The summed E-state index contributed by atoms with van der Waals surface area (Å²) in [5.74, 6) is -0.185. The van der Waals surface area contributed by atoms with Gasteiger partial charge in [-0.3, -0.25) is 4.98 Å². The number of rotatable bonds is 5. The third kappa shape index (κ3) is 3.42. The third-order valence-corrected chi connectivity index (χ3v) is 3.37. The van der Waals surface area contributed by atoms with Crippen LogP contribution in [0.25, 0.3) is 0 Å². The third-order valence-electron chi connectivity index (χ3n) is 3.37. The average Bonchev–Trinajstić information content (AvgIpc) is 2.40. The lowest BCUT2D eigenvalue weighted by Crippen LogP contribution is -2.24. The van der Waals surface area contributed by atoms with Gasteiger partial charge in [0.05, 0.1) is 6.04 Å². The Kier molecular flexibility index (Phi) is 4.85. The van der Waals surface area contributed by atoms with Gasteiger partial charge in [0.2, 0.25) is 0 Å². The molecule has 0 radical (unpaired) electrons. The van der Waals surface area contributed by atoms with E-state index in [2.05, 4.69) is 17.2 Å². The van der Waals surface area contributed by atoms with E-state index in [-0.39, 0.29) is 11.9 Å². The van der Waals surface area contributed by atoms with Crippen LogP contribution in [0, 0.1) is 19.7 Å². The van der Waals surface area contributed by atoms with Crippen molar-refractivity contribution in [2.24, 2.45) is 0 Å². The molecule has 0 fully saturated rings. The van der Waals surface area contributed by atoms with E-state index in [4.69, 9.17) is 0 Å². The van der Waals surface area contributed by atoms with Gasteiger partial charge in [0.15, 0.2) is 0 Å². The number of hydrogen-bond donors (Lipinski definition) is 1. The Hall–Kier alpha value is -1.74. The fraction of sp³-hybridized carbons (Fsp3) is 0.353. The van der Waals surface area contributed by atoms with E-state index < -0.39 is 0 Å². The number of nitrogens with one attached hydrogen (secondary N) is 1. The van der Waals surface area contributed by atoms with Gasteiger partial charge >= 0.3 is 0 Å². The molecule has 0 amide bonds. The van der Waals surface area contributed by atoms with Gasteiger partial charge < -0.3 is 5.32 Å². The lowest BCUT2D eigenvalue weighted by molar-refractivity contribution is 0.582. The minimum atomic E-state index is -0.185. The molecular weight excluding hydrogens is 251 g/mol. The van der Waals surface area contributed by atoms with E-state index in [0.717, 1.165) is 35.2 Å². The van der Waals surface area contributed by atoms with Gasteiger partial charge in [-0.2, -0.15) is 0 Å². The molecule has 2 rings (SSSR count). The fourth-order valence-corrected chi connectivity index (χ4v) is 2.44. The molecule has 20 heavy (non-hydrogen) atoms. The van der Waals surface area contributed by atoms with E-state index in [9.17, 15) is 4.39 Å². The standard InChI is InChI=1S/C17H21FN2/c1-4-6-20-17(16-5-7-19-11-13(16)3)14-8-12(2)9-15(18)10-14/h5,7-11,17,20H,4,6H2,1-3H3. The van der Waals surface area contributed by atoms with E-state index in [1.54, 1.807) is 18.3 Å². The highest BCUT2D eigenvalue weighted by atomic mass is 19.1. The number of hydrogen-bond acceptors (Lipinski definition) is 2. The van der Waals surface area contributed by atoms with Crippen LogP contribution < -0.4 is 5.32 Å². The van der Waals surface area contributed by atoms with Gasteiger partial charge in [0.25, 0.3) is 0 Å². The smallest absolute Gasteiger partial charge is 0.123 e. The van der Waals surface area contributed by atoms with Crippen molar-refractivity contribution in [3.05, 3.63) is 64.7 Å². The average molecular weight is 272 g/mol. The second-order valence-electron chi connectivity index (χ2n) is 5.18. The zero-order valence-corrected chi connectivity index (χ0v) is 12.3. The maximum Gasteiger partial charge on any atom is 0.123 e. The molecule has 0 spiro atoms. The van der Waals surface area contributed by atoms with Crippen molar-refractivity contribution >= 4 is 0 Å². The van der Waals surface area contributed by atoms with Crippen LogP contribution in [-0.4, -0.2) is 11.5 Å². The fourth-order valence-electron chi connectivity index (χ4n) is 2.44. The van der Waals surface area contributed by atoms with Crippen LogP contribution in [0.15, 0.2) is 36.7 Å². The molecule has 1 atom stereocenters. The summed E-state index contributed by atoms with van der Waals surface area (Å²) in [4.78, 5) is 4.13. The summed E-state index contributed by atoms with van der Waals surface area (Å²) in [6.45, 7) is 6.97. The molecule has 0 bridgehead atoms. The van der Waals surface area contributed by atoms with Crippen LogP contribution in [0.4, 0.5) is 4.39 Å². The predicted molar refractivity (Wildman–Crippen MR) is 80.2 cm³/mol. The highest BCUT2D eigenvalue weighted by Crippen LogP contribution is 2.25. The zero-order valence-electron chi connectivity index (χ0n) is 12.3. The second-order valence-corrected chi connectivity index (χ2v) is 5.18. The SMILES string of the molecule is CCCNC(c1cc(C)cc(F)c1)c1ccncc1C. The molecule has 0 saturated heterocycles. The molecule has 0 saturated carbocycles. The van der Waals surface area contributed by atoms with Crippen molar-refractivity contribution in [1.29, 1.82) is 0 Å². The largest absolute Gasteiger partial charge is 0.306 e. The van der Waals surface area contributed by atoms with Crippen LogP contribution in [0.2, 0.25) is 0 Å². The molecule has 1 aromatic carbocycles. The number of aromatic nitrogens is 1. The molecule has 1 heterocycles. The van der Waals surface area contributed by atoms with Crippen LogP contribution >= 0.6 is 0 Å². The molecule has 106 valence electrons. The van der Waals surface area contributed by atoms with E-state index in [1.807, 2.05) is 32.2 Å². The number of aryl methyl sites for hydroxylation is 2. The second kappa shape index (κ2) is 6.62. The van der Waals surface area contributed by atoms with Crippen molar-refractivity contribution in [1.82, 2.24) is 10.3 Å². The molecule has 0 aliphatic carbocycles. The highest BCUT2D eigenvalue weighted by molar-refractivity contribution is 5.37. The van der Waals surface area contributed by atoms with Crippen molar-refractivity contribution in [3.8, 4) is 0 Å². The zero-order chi connectivity index (χ0) is 14.5. The van der Waals surface area contributed by atoms with E-state index in [1.165, 1.54) is 0 Å². The van der Waals surface area contributed by atoms with Crippen molar-refractivity contribution in [2.45, 2.75) is 33.2 Å². The molecule has 1 aromatic heterocycles. The first kappa shape index (κ1) is 14.7. The molecule has 3 heteroatoms. The Morgan fingerprint density at radius 3 is 2.70 bits per heavy atom. The lowest BCUT2D eigenvalue weighted by atomic mass is 9.95. The Morgan fingerprint density at radius 1 is 1.25 bits per heavy atom. The van der Waals surface area contributed by atoms with Gasteiger partial charge in [-0.15, -0.1) is 0 Å². The lowest BCUT2D eigenvalue weighted by Gasteiger charge is -2.21. The number of halogens is 1. The Labute approximate surface area is 120 Å². The van der Waals surface area contributed by atoms with Gasteiger partial charge in [-0.1, -0.05) is 13.0 Å². The topological polar surface area (TPSA) is 24.9 Å². The summed E-state index contributed by atoms with van der Waals surface area (Å²) < 4.78 is 13.7. The summed E-state index contributed by atoms with van der Waals surface area (Å²) in [5.41, 5.74) is 4.17. The maximum absolute atomic E-state index is 13.7. The van der Waals surface area contributed by atoms with Gasteiger partial charge in [-0.05, 0) is 67.3 Å². The van der Waals surface area contributed by atoms with Gasteiger partial charge in [0, 0.05) is 12.4 Å². The monoisotopic (exact) mass is 272 g/mol. The van der Waals surface area contributed by atoms with Crippen molar-refractivity contribution in [2.75, 3.05) is 6.54 Å². The Morgan fingerprint density at radius 2 is 2.05 bits per heavy atom. The molecule has 2 aromatic rings. The van der Waals surface area contributed by atoms with Gasteiger partial charge in [-0.25, -0.2) is 4.39 Å². The first-order chi connectivity index (χ1) is 9.61. The summed E-state index contributed by atoms with van der Waals surface area (Å²) in [6, 6.07) is 7.21. The van der Waals surface area contributed by atoms with Crippen LogP contribution in [0.3, 0.4) is 0 Å². The minimum Gasteiger partial charge on any atom is -0.306 e. The quantitative estimate of drug-likeness (QED) is 0.892. The first-order valence-corrected chi connectivity index (χ1v) is 7.02. The number of benzene rings is 1. The summed E-state index contributed by atoms with van der Waals surface area (Å²) in [5, 5.41) is 3.50. The van der Waals surface area contributed by atoms with Crippen LogP contribution in [-0.2, 0) is 0 Å². The summed E-state index contributed by atoms with van der Waals surface area (Å²) in [7, 11) is 0. The Balaban J connectivity index is 2.44. The predicted octanol–water partition coefficient (Wildman–Crippen LogP) is 3.93. The number of nitrogens with zero attached hydrogens (tertiary/aromatic N) is 1. The molecule has 1 N–H and O–H groups in total. The molecular formula is C17H21FN2. The van der Waals surface area contributed by atoms with Crippen LogP contribution in [0.1, 0.15) is 41.6 Å². The minimum absolute atomic E-state index is 0.00681. The number of pyridine rings is 1. The van der Waals surface area contributed by atoms with Crippen molar-refractivity contribution < 1.29 is 4.39 Å². The molecule has 0 aliphatic rings. The van der Waals surface area contributed by atoms with Crippen LogP contribution in [0.5, 0.6) is 0 Å². The highest BCUT2D eigenvalue weighted by Gasteiger charge is 2.16. The normalized spacial score (nSPS) is 12.4. The summed E-state index contributed by atoms with van der Waals surface area (Å²) in [6.07, 6.45) is 4.67. The first-order valence-electron chi connectivity index (χ1n) is 7.02. The summed E-state index contributed by atoms with van der Waals surface area (Å²) >= 11 is 0. The molecule has 0 aliphatic heterocycles. The maximum atomic E-state index is 13.7. The molecule has 1 unspecified atom stereocenters.